The zero-order valence-corrected chi connectivity index (χ0v) is 11.5. The van der Waals surface area contributed by atoms with E-state index in [2.05, 4.69) is 10.6 Å². The van der Waals surface area contributed by atoms with Crippen LogP contribution < -0.4 is 15.4 Å². The average Bonchev–Trinajstić information content (AvgIpc) is 2.29. The van der Waals surface area contributed by atoms with Crippen molar-refractivity contribution in [3.05, 3.63) is 24.3 Å². The van der Waals surface area contributed by atoms with E-state index in [1.807, 2.05) is 52.0 Å². The van der Waals surface area contributed by atoms with E-state index in [0.29, 0.717) is 18.0 Å². The van der Waals surface area contributed by atoms with Crippen molar-refractivity contribution in [2.24, 2.45) is 0 Å². The fourth-order valence-electron chi connectivity index (χ4n) is 1.39. The molecule has 0 spiro atoms. The molecule has 0 saturated carbocycles. The minimum absolute atomic E-state index is 0.0721. The van der Waals surface area contributed by atoms with Gasteiger partial charge in [-0.25, -0.2) is 0 Å². The number of benzene rings is 1. The zero-order valence-electron chi connectivity index (χ0n) is 11.5. The van der Waals surface area contributed by atoms with Gasteiger partial charge < -0.3 is 15.4 Å². The van der Waals surface area contributed by atoms with Gasteiger partial charge in [-0.2, -0.15) is 0 Å². The van der Waals surface area contributed by atoms with E-state index in [1.165, 1.54) is 0 Å². The Morgan fingerprint density at radius 1 is 1.28 bits per heavy atom. The molecule has 0 aromatic heterocycles. The maximum atomic E-state index is 11.8. The van der Waals surface area contributed by atoms with Crippen LogP contribution in [-0.2, 0) is 4.79 Å². The quantitative estimate of drug-likeness (QED) is 0.843. The van der Waals surface area contributed by atoms with Crippen molar-refractivity contribution in [3.63, 3.8) is 0 Å². The van der Waals surface area contributed by atoms with Gasteiger partial charge in [0, 0.05) is 5.54 Å². The summed E-state index contributed by atoms with van der Waals surface area (Å²) in [6.45, 7) is 8.84. The van der Waals surface area contributed by atoms with Gasteiger partial charge in [-0.3, -0.25) is 4.79 Å². The van der Waals surface area contributed by atoms with Gasteiger partial charge in [0.05, 0.1) is 18.8 Å². The standard InChI is InChI=1S/C14H22N2O2/c1-5-18-12-9-7-6-8-11(12)16-13(17)10-15-14(2,3)4/h6-9,15H,5,10H2,1-4H3,(H,16,17). The molecule has 0 fully saturated rings. The van der Waals surface area contributed by atoms with Crippen LogP contribution in [0.1, 0.15) is 27.7 Å². The third kappa shape index (κ3) is 5.19. The smallest absolute Gasteiger partial charge is 0.238 e. The third-order valence-corrected chi connectivity index (χ3v) is 2.24. The molecule has 0 bridgehead atoms. The van der Waals surface area contributed by atoms with Crippen molar-refractivity contribution in [2.45, 2.75) is 33.2 Å². The summed E-state index contributed by atoms with van der Waals surface area (Å²) in [5.74, 6) is 0.626. The molecule has 0 heterocycles. The zero-order chi connectivity index (χ0) is 13.6. The van der Waals surface area contributed by atoms with E-state index in [-0.39, 0.29) is 18.0 Å². The first-order valence-electron chi connectivity index (χ1n) is 6.19. The number of para-hydroxylation sites is 2. The molecule has 18 heavy (non-hydrogen) atoms. The van der Waals surface area contributed by atoms with E-state index >= 15 is 0 Å². The lowest BCUT2D eigenvalue weighted by Crippen LogP contribution is -2.41. The molecule has 0 atom stereocenters. The Bertz CT molecular complexity index is 397. The molecule has 1 aromatic carbocycles. The third-order valence-electron chi connectivity index (χ3n) is 2.24. The average molecular weight is 250 g/mol. The van der Waals surface area contributed by atoms with Gasteiger partial charge in [0.25, 0.3) is 0 Å². The summed E-state index contributed by atoms with van der Waals surface area (Å²) in [6, 6.07) is 7.43. The Morgan fingerprint density at radius 2 is 1.94 bits per heavy atom. The molecule has 0 radical (unpaired) electrons. The maximum absolute atomic E-state index is 11.8. The van der Waals surface area contributed by atoms with E-state index in [1.54, 1.807) is 0 Å². The van der Waals surface area contributed by atoms with E-state index in [9.17, 15) is 4.79 Å². The number of ether oxygens (including phenoxy) is 1. The second kappa shape index (κ2) is 6.40. The van der Waals surface area contributed by atoms with Gasteiger partial charge in [-0.1, -0.05) is 12.1 Å². The minimum Gasteiger partial charge on any atom is -0.492 e. The summed E-state index contributed by atoms with van der Waals surface area (Å²) in [5, 5.41) is 5.98. The summed E-state index contributed by atoms with van der Waals surface area (Å²) >= 11 is 0. The molecule has 0 aliphatic heterocycles. The monoisotopic (exact) mass is 250 g/mol. The summed E-state index contributed by atoms with van der Waals surface area (Å²) in [5.41, 5.74) is 0.636. The summed E-state index contributed by atoms with van der Waals surface area (Å²) in [6.07, 6.45) is 0. The summed E-state index contributed by atoms with van der Waals surface area (Å²) in [4.78, 5) is 11.8. The van der Waals surface area contributed by atoms with E-state index in [4.69, 9.17) is 4.74 Å². The normalized spacial score (nSPS) is 11.1. The lowest BCUT2D eigenvalue weighted by atomic mass is 10.1. The van der Waals surface area contributed by atoms with Crippen molar-refractivity contribution < 1.29 is 9.53 Å². The highest BCUT2D eigenvalue weighted by atomic mass is 16.5. The fraction of sp³-hybridized carbons (Fsp3) is 0.500. The number of rotatable bonds is 5. The van der Waals surface area contributed by atoms with Crippen molar-refractivity contribution >= 4 is 11.6 Å². The first kappa shape index (κ1) is 14.5. The van der Waals surface area contributed by atoms with E-state index < -0.39 is 0 Å². The van der Waals surface area contributed by atoms with Crippen LogP contribution in [0.4, 0.5) is 5.69 Å². The summed E-state index contributed by atoms with van der Waals surface area (Å²) in [7, 11) is 0. The van der Waals surface area contributed by atoms with Gasteiger partial charge in [-0.15, -0.1) is 0 Å². The van der Waals surface area contributed by atoms with Gasteiger partial charge in [0.1, 0.15) is 5.75 Å². The van der Waals surface area contributed by atoms with Crippen molar-refractivity contribution in [1.82, 2.24) is 5.32 Å². The topological polar surface area (TPSA) is 50.4 Å². The van der Waals surface area contributed by atoms with Crippen LogP contribution in [0, 0.1) is 0 Å². The second-order valence-electron chi connectivity index (χ2n) is 5.08. The van der Waals surface area contributed by atoms with Gasteiger partial charge in [-0.05, 0) is 39.8 Å². The van der Waals surface area contributed by atoms with Crippen LogP contribution in [0.15, 0.2) is 24.3 Å². The van der Waals surface area contributed by atoms with Crippen molar-refractivity contribution in [2.75, 3.05) is 18.5 Å². The SMILES string of the molecule is CCOc1ccccc1NC(=O)CNC(C)(C)C. The van der Waals surface area contributed by atoms with Crippen LogP contribution in [0.5, 0.6) is 5.75 Å². The molecule has 4 nitrogen and oxygen atoms in total. The van der Waals surface area contributed by atoms with Crippen molar-refractivity contribution in [3.8, 4) is 5.75 Å². The molecule has 0 unspecified atom stereocenters. The molecule has 0 aliphatic rings. The molecule has 0 aliphatic carbocycles. The number of anilines is 1. The fourth-order valence-corrected chi connectivity index (χ4v) is 1.39. The van der Waals surface area contributed by atoms with Crippen LogP contribution in [-0.4, -0.2) is 24.6 Å². The predicted molar refractivity (Wildman–Crippen MR) is 74.0 cm³/mol. The highest BCUT2D eigenvalue weighted by Crippen LogP contribution is 2.23. The van der Waals surface area contributed by atoms with Crippen LogP contribution >= 0.6 is 0 Å². The number of amides is 1. The first-order chi connectivity index (χ1) is 8.42. The van der Waals surface area contributed by atoms with Crippen LogP contribution in [0.25, 0.3) is 0 Å². The highest BCUT2D eigenvalue weighted by molar-refractivity contribution is 5.93. The molecule has 0 saturated heterocycles. The van der Waals surface area contributed by atoms with E-state index in [0.717, 1.165) is 0 Å². The molecule has 1 rings (SSSR count). The first-order valence-corrected chi connectivity index (χ1v) is 6.19. The van der Waals surface area contributed by atoms with Crippen LogP contribution in [0.2, 0.25) is 0 Å². The maximum Gasteiger partial charge on any atom is 0.238 e. The molecule has 100 valence electrons. The molecule has 2 N–H and O–H groups in total. The van der Waals surface area contributed by atoms with Gasteiger partial charge >= 0.3 is 0 Å². The Hall–Kier alpha value is -1.55. The van der Waals surface area contributed by atoms with Gasteiger partial charge in [0.2, 0.25) is 5.91 Å². The number of hydrogen-bond donors (Lipinski definition) is 2. The summed E-state index contributed by atoms with van der Waals surface area (Å²) < 4.78 is 5.45. The van der Waals surface area contributed by atoms with Crippen LogP contribution in [0.3, 0.4) is 0 Å². The molecular formula is C14H22N2O2. The Balaban J connectivity index is 2.59. The Morgan fingerprint density at radius 3 is 2.56 bits per heavy atom. The minimum atomic E-state index is -0.0726. The number of nitrogens with one attached hydrogen (secondary N) is 2. The molecule has 1 amide bonds. The largest absolute Gasteiger partial charge is 0.492 e. The lowest BCUT2D eigenvalue weighted by molar-refractivity contribution is -0.115. The van der Waals surface area contributed by atoms with Gasteiger partial charge in [0.15, 0.2) is 0 Å². The number of carbonyl (C=O) groups is 1. The second-order valence-corrected chi connectivity index (χ2v) is 5.08. The predicted octanol–water partition coefficient (Wildman–Crippen LogP) is 2.41. The Labute approximate surface area is 109 Å². The van der Waals surface area contributed by atoms with Crippen molar-refractivity contribution in [1.29, 1.82) is 0 Å². The number of hydrogen-bond acceptors (Lipinski definition) is 3. The highest BCUT2D eigenvalue weighted by Gasteiger charge is 2.12. The molecule has 1 aromatic rings. The molecule has 4 heteroatoms. The number of carbonyl (C=O) groups excluding carboxylic acids is 1. The lowest BCUT2D eigenvalue weighted by Gasteiger charge is -2.20. The molecular weight excluding hydrogens is 228 g/mol. The Kier molecular flexibility index (Phi) is 5.16.